The van der Waals surface area contributed by atoms with E-state index in [-0.39, 0.29) is 0 Å². The summed E-state index contributed by atoms with van der Waals surface area (Å²) < 4.78 is 5.43. The highest BCUT2D eigenvalue weighted by atomic mass is 35.5. The molecule has 3 heteroatoms. The van der Waals surface area contributed by atoms with E-state index in [4.69, 9.17) is 22.1 Å². The molecule has 0 bridgehead atoms. The minimum atomic E-state index is 0.414. The first kappa shape index (κ1) is 10.9. The second-order valence-corrected chi connectivity index (χ2v) is 3.16. The van der Waals surface area contributed by atoms with Crippen molar-refractivity contribution in [2.75, 3.05) is 13.2 Å². The summed E-state index contributed by atoms with van der Waals surface area (Å²) >= 11 is 5.73. The molecular formula is C11H12ClNO. The normalized spacial score (nSPS) is 9.29. The molecule has 0 saturated heterocycles. The van der Waals surface area contributed by atoms with Crippen molar-refractivity contribution in [3.05, 3.63) is 47.2 Å². The molecule has 0 aliphatic rings. The summed E-state index contributed by atoms with van der Waals surface area (Å²) in [4.78, 5) is 0. The van der Waals surface area contributed by atoms with Gasteiger partial charge in [-0.3, -0.25) is 0 Å². The number of hydrogen-bond acceptors (Lipinski definition) is 2. The Kier molecular flexibility index (Phi) is 4.27. The molecule has 0 spiro atoms. The van der Waals surface area contributed by atoms with Crippen molar-refractivity contribution < 1.29 is 4.74 Å². The molecule has 0 aromatic heterocycles. The quantitative estimate of drug-likeness (QED) is 0.773. The molecule has 0 amide bonds. The Bertz CT molecular complexity index is 339. The number of hydrogen-bond donors (Lipinski definition) is 1. The van der Waals surface area contributed by atoms with Gasteiger partial charge in [0.1, 0.15) is 12.4 Å². The second-order valence-electron chi connectivity index (χ2n) is 2.73. The van der Waals surface area contributed by atoms with Crippen molar-refractivity contribution >= 4 is 11.6 Å². The number of ether oxygens (including phenoxy) is 1. The summed E-state index contributed by atoms with van der Waals surface area (Å²) in [5.41, 5.74) is 9.00. The van der Waals surface area contributed by atoms with Crippen molar-refractivity contribution in [1.29, 1.82) is 0 Å². The fourth-order valence-corrected chi connectivity index (χ4v) is 1.01. The standard InChI is InChI=1S/C11H12ClNO/c1-2-9(7-13)8-14-11-5-3-10(12)4-6-11/h3-6H,1,7-8,13H2. The van der Waals surface area contributed by atoms with E-state index in [1.165, 1.54) is 0 Å². The van der Waals surface area contributed by atoms with Crippen LogP contribution < -0.4 is 10.5 Å². The third-order valence-corrected chi connectivity index (χ3v) is 1.98. The van der Waals surface area contributed by atoms with Crippen molar-refractivity contribution in [3.8, 4) is 5.75 Å². The summed E-state index contributed by atoms with van der Waals surface area (Å²) in [6.07, 6.45) is 0. The van der Waals surface area contributed by atoms with Crippen molar-refractivity contribution in [2.45, 2.75) is 0 Å². The molecule has 0 unspecified atom stereocenters. The predicted octanol–water partition coefficient (Wildman–Crippen LogP) is 2.39. The highest BCUT2D eigenvalue weighted by molar-refractivity contribution is 6.30. The number of nitrogens with two attached hydrogens (primary N) is 1. The maximum atomic E-state index is 5.73. The molecule has 1 rings (SSSR count). The van der Waals surface area contributed by atoms with E-state index in [1.54, 1.807) is 24.3 Å². The fraction of sp³-hybridized carbons (Fsp3) is 0.182. The van der Waals surface area contributed by atoms with Gasteiger partial charge >= 0.3 is 0 Å². The van der Waals surface area contributed by atoms with E-state index in [0.29, 0.717) is 18.2 Å². The van der Waals surface area contributed by atoms with E-state index < -0.39 is 0 Å². The van der Waals surface area contributed by atoms with Gasteiger partial charge < -0.3 is 10.5 Å². The number of rotatable bonds is 4. The highest BCUT2D eigenvalue weighted by Crippen LogP contribution is 2.15. The fourth-order valence-electron chi connectivity index (χ4n) is 0.883. The molecule has 2 N–H and O–H groups in total. The SMILES string of the molecule is C=C=C(CN)COc1ccc(Cl)cc1. The van der Waals surface area contributed by atoms with Crippen LogP contribution in [0, 0.1) is 0 Å². The van der Waals surface area contributed by atoms with Gasteiger partial charge in [0.25, 0.3) is 0 Å². The number of halogens is 1. The van der Waals surface area contributed by atoms with E-state index in [1.807, 2.05) is 0 Å². The van der Waals surface area contributed by atoms with Gasteiger partial charge in [0.15, 0.2) is 0 Å². The Morgan fingerprint density at radius 3 is 2.57 bits per heavy atom. The Balaban J connectivity index is 2.53. The topological polar surface area (TPSA) is 35.2 Å². The van der Waals surface area contributed by atoms with Crippen LogP contribution in [0.2, 0.25) is 5.02 Å². The zero-order chi connectivity index (χ0) is 10.4. The maximum absolute atomic E-state index is 5.73. The monoisotopic (exact) mass is 209 g/mol. The first-order valence-electron chi connectivity index (χ1n) is 4.22. The van der Waals surface area contributed by atoms with E-state index in [0.717, 1.165) is 11.3 Å². The van der Waals surface area contributed by atoms with Gasteiger partial charge in [-0.25, -0.2) is 0 Å². The summed E-state index contributed by atoms with van der Waals surface area (Å²) in [6.45, 7) is 4.35. The van der Waals surface area contributed by atoms with Gasteiger partial charge in [0.2, 0.25) is 0 Å². The van der Waals surface area contributed by atoms with Crippen molar-refractivity contribution in [3.63, 3.8) is 0 Å². The molecule has 0 heterocycles. The van der Waals surface area contributed by atoms with Gasteiger partial charge in [-0.05, 0) is 24.3 Å². The van der Waals surface area contributed by atoms with E-state index in [2.05, 4.69) is 12.3 Å². The van der Waals surface area contributed by atoms with E-state index >= 15 is 0 Å². The molecular weight excluding hydrogens is 198 g/mol. The Morgan fingerprint density at radius 2 is 2.07 bits per heavy atom. The van der Waals surface area contributed by atoms with Gasteiger partial charge in [-0.2, -0.15) is 0 Å². The van der Waals surface area contributed by atoms with Crippen LogP contribution in [0.4, 0.5) is 0 Å². The van der Waals surface area contributed by atoms with Gasteiger partial charge in [0, 0.05) is 17.1 Å². The first-order chi connectivity index (χ1) is 6.76. The Hall–Kier alpha value is -1.21. The average Bonchev–Trinajstić information content (AvgIpc) is 2.22. The van der Waals surface area contributed by atoms with Crippen LogP contribution in [-0.2, 0) is 0 Å². The molecule has 1 aromatic carbocycles. The van der Waals surface area contributed by atoms with Gasteiger partial charge in [-0.1, -0.05) is 18.2 Å². The average molecular weight is 210 g/mol. The summed E-state index contributed by atoms with van der Waals surface area (Å²) in [5.74, 6) is 0.760. The molecule has 0 saturated carbocycles. The lowest BCUT2D eigenvalue weighted by Crippen LogP contribution is -2.10. The van der Waals surface area contributed by atoms with Crippen LogP contribution in [-0.4, -0.2) is 13.2 Å². The smallest absolute Gasteiger partial charge is 0.119 e. The zero-order valence-corrected chi connectivity index (χ0v) is 8.55. The third kappa shape index (κ3) is 3.27. The number of benzene rings is 1. The molecule has 0 atom stereocenters. The third-order valence-electron chi connectivity index (χ3n) is 1.72. The lowest BCUT2D eigenvalue weighted by Gasteiger charge is -2.06. The molecule has 2 nitrogen and oxygen atoms in total. The van der Waals surface area contributed by atoms with Gasteiger partial charge in [-0.15, -0.1) is 5.73 Å². The van der Waals surface area contributed by atoms with Crippen LogP contribution in [0.3, 0.4) is 0 Å². The van der Waals surface area contributed by atoms with Crippen LogP contribution in [0.15, 0.2) is 42.1 Å². The van der Waals surface area contributed by atoms with Crippen LogP contribution in [0.25, 0.3) is 0 Å². The molecule has 0 aliphatic heterocycles. The summed E-state index contributed by atoms with van der Waals surface area (Å²) in [5, 5.41) is 0.690. The lowest BCUT2D eigenvalue weighted by atomic mass is 10.3. The Morgan fingerprint density at radius 1 is 1.43 bits per heavy atom. The minimum Gasteiger partial charge on any atom is -0.489 e. The van der Waals surface area contributed by atoms with Crippen LogP contribution >= 0.6 is 11.6 Å². The van der Waals surface area contributed by atoms with Crippen LogP contribution in [0.1, 0.15) is 0 Å². The summed E-state index contributed by atoms with van der Waals surface area (Å²) in [6, 6.07) is 7.16. The molecule has 0 radical (unpaired) electrons. The van der Waals surface area contributed by atoms with Crippen molar-refractivity contribution in [2.24, 2.45) is 5.73 Å². The largest absolute Gasteiger partial charge is 0.489 e. The molecule has 0 aliphatic carbocycles. The van der Waals surface area contributed by atoms with Crippen LogP contribution in [0.5, 0.6) is 5.75 Å². The molecule has 14 heavy (non-hydrogen) atoms. The minimum absolute atomic E-state index is 0.414. The van der Waals surface area contributed by atoms with Crippen molar-refractivity contribution in [1.82, 2.24) is 0 Å². The lowest BCUT2D eigenvalue weighted by molar-refractivity contribution is 0.350. The highest BCUT2D eigenvalue weighted by Gasteiger charge is 1.96. The zero-order valence-electron chi connectivity index (χ0n) is 7.79. The molecule has 74 valence electrons. The second kappa shape index (κ2) is 5.51. The molecule has 0 fully saturated rings. The maximum Gasteiger partial charge on any atom is 0.119 e. The van der Waals surface area contributed by atoms with E-state index in [9.17, 15) is 0 Å². The molecule has 1 aromatic rings. The first-order valence-corrected chi connectivity index (χ1v) is 4.60. The predicted molar refractivity (Wildman–Crippen MR) is 58.7 cm³/mol. The summed E-state index contributed by atoms with van der Waals surface area (Å²) in [7, 11) is 0. The Labute approximate surface area is 88.6 Å². The van der Waals surface area contributed by atoms with Gasteiger partial charge in [0.05, 0.1) is 0 Å².